The third-order valence-corrected chi connectivity index (χ3v) is 4.11. The SMILES string of the molecule is O=C(c1cc2ccccc2[nH]c1=O)N1Cc2ccccc2C1. The van der Waals surface area contributed by atoms with Crippen molar-refractivity contribution in [3.63, 3.8) is 0 Å². The minimum Gasteiger partial charge on any atom is -0.330 e. The topological polar surface area (TPSA) is 53.2 Å². The van der Waals surface area contributed by atoms with Crippen molar-refractivity contribution < 1.29 is 4.79 Å². The van der Waals surface area contributed by atoms with E-state index in [1.165, 1.54) is 0 Å². The molecule has 4 nitrogen and oxygen atoms in total. The summed E-state index contributed by atoms with van der Waals surface area (Å²) in [6, 6.07) is 17.1. The lowest BCUT2D eigenvalue weighted by atomic mass is 10.1. The second-order valence-corrected chi connectivity index (χ2v) is 5.53. The van der Waals surface area contributed by atoms with Gasteiger partial charge in [0.05, 0.1) is 0 Å². The molecule has 0 atom stereocenters. The minimum absolute atomic E-state index is 0.200. The van der Waals surface area contributed by atoms with E-state index in [0.717, 1.165) is 22.0 Å². The van der Waals surface area contributed by atoms with Gasteiger partial charge >= 0.3 is 0 Å². The van der Waals surface area contributed by atoms with Gasteiger partial charge in [-0.1, -0.05) is 42.5 Å². The van der Waals surface area contributed by atoms with Gasteiger partial charge in [-0.05, 0) is 28.6 Å². The van der Waals surface area contributed by atoms with E-state index in [9.17, 15) is 9.59 Å². The van der Waals surface area contributed by atoms with Crippen LogP contribution in [0.4, 0.5) is 0 Å². The lowest BCUT2D eigenvalue weighted by Crippen LogP contribution is -2.30. The molecule has 0 fully saturated rings. The molecule has 1 N–H and O–H groups in total. The zero-order chi connectivity index (χ0) is 15.1. The molecule has 1 aliphatic rings. The van der Waals surface area contributed by atoms with Gasteiger partial charge in [0, 0.05) is 18.6 Å². The summed E-state index contributed by atoms with van der Waals surface area (Å²) in [6.45, 7) is 1.11. The van der Waals surface area contributed by atoms with Gasteiger partial charge in [-0.2, -0.15) is 0 Å². The number of nitrogens with zero attached hydrogens (tertiary/aromatic N) is 1. The summed E-state index contributed by atoms with van der Waals surface area (Å²) in [5.74, 6) is -0.219. The summed E-state index contributed by atoms with van der Waals surface area (Å²) in [5, 5.41) is 0.863. The molecule has 0 bridgehead atoms. The fraction of sp³-hybridized carbons (Fsp3) is 0.111. The van der Waals surface area contributed by atoms with Crippen molar-refractivity contribution in [1.82, 2.24) is 9.88 Å². The molecule has 1 aromatic heterocycles. The van der Waals surface area contributed by atoms with Gasteiger partial charge < -0.3 is 9.88 Å². The van der Waals surface area contributed by atoms with Crippen molar-refractivity contribution in [3.05, 3.63) is 81.6 Å². The maximum Gasteiger partial charge on any atom is 0.261 e. The van der Waals surface area contributed by atoms with Crippen molar-refractivity contribution in [2.75, 3.05) is 0 Å². The molecule has 2 heterocycles. The van der Waals surface area contributed by atoms with Crippen LogP contribution in [0.25, 0.3) is 10.9 Å². The molecule has 0 unspecified atom stereocenters. The van der Waals surface area contributed by atoms with Crippen molar-refractivity contribution in [2.24, 2.45) is 0 Å². The zero-order valence-electron chi connectivity index (χ0n) is 11.9. The largest absolute Gasteiger partial charge is 0.330 e. The first kappa shape index (κ1) is 12.8. The third kappa shape index (κ3) is 2.00. The van der Waals surface area contributed by atoms with Crippen molar-refractivity contribution in [3.8, 4) is 0 Å². The van der Waals surface area contributed by atoms with Gasteiger partial charge in [-0.3, -0.25) is 9.59 Å². The zero-order valence-corrected chi connectivity index (χ0v) is 11.9. The molecule has 22 heavy (non-hydrogen) atoms. The highest BCUT2D eigenvalue weighted by molar-refractivity contribution is 5.97. The highest BCUT2D eigenvalue weighted by Gasteiger charge is 2.25. The van der Waals surface area contributed by atoms with Crippen molar-refractivity contribution >= 4 is 16.8 Å². The average molecular weight is 290 g/mol. The molecule has 0 radical (unpaired) electrons. The monoisotopic (exact) mass is 290 g/mol. The summed E-state index contributed by atoms with van der Waals surface area (Å²) < 4.78 is 0. The Hall–Kier alpha value is -2.88. The number of nitrogens with one attached hydrogen (secondary N) is 1. The lowest BCUT2D eigenvalue weighted by Gasteiger charge is -2.15. The van der Waals surface area contributed by atoms with Crippen LogP contribution in [-0.2, 0) is 13.1 Å². The van der Waals surface area contributed by atoms with Crippen LogP contribution in [0.2, 0.25) is 0 Å². The fourth-order valence-corrected chi connectivity index (χ4v) is 2.95. The van der Waals surface area contributed by atoms with Gasteiger partial charge in [0.25, 0.3) is 11.5 Å². The van der Waals surface area contributed by atoms with Gasteiger partial charge in [-0.15, -0.1) is 0 Å². The predicted octanol–water partition coefficient (Wildman–Crippen LogP) is 2.68. The molecule has 0 saturated heterocycles. The van der Waals surface area contributed by atoms with E-state index in [4.69, 9.17) is 0 Å². The van der Waals surface area contributed by atoms with E-state index in [-0.39, 0.29) is 17.0 Å². The number of hydrogen-bond acceptors (Lipinski definition) is 2. The highest BCUT2D eigenvalue weighted by Crippen LogP contribution is 2.23. The Morgan fingerprint density at radius 3 is 2.32 bits per heavy atom. The number of carbonyl (C=O) groups is 1. The smallest absolute Gasteiger partial charge is 0.261 e. The first-order valence-corrected chi connectivity index (χ1v) is 7.20. The predicted molar refractivity (Wildman–Crippen MR) is 84.6 cm³/mol. The van der Waals surface area contributed by atoms with E-state index in [2.05, 4.69) is 4.98 Å². The summed E-state index contributed by atoms with van der Waals surface area (Å²) in [6.07, 6.45) is 0. The van der Waals surface area contributed by atoms with Crippen LogP contribution in [-0.4, -0.2) is 15.8 Å². The molecular formula is C18H14N2O2. The van der Waals surface area contributed by atoms with Crippen LogP contribution in [0.15, 0.2) is 59.4 Å². The summed E-state index contributed by atoms with van der Waals surface area (Å²) >= 11 is 0. The van der Waals surface area contributed by atoms with Crippen molar-refractivity contribution in [1.29, 1.82) is 0 Å². The average Bonchev–Trinajstić information content (AvgIpc) is 2.97. The number of carbonyl (C=O) groups excluding carboxylic acids is 1. The standard InChI is InChI=1S/C18H14N2O2/c21-17-15(9-12-5-3-4-8-16(12)19-17)18(22)20-10-13-6-1-2-7-14(13)11-20/h1-9H,10-11H2,(H,19,21). The number of hydrogen-bond donors (Lipinski definition) is 1. The number of H-pyrrole nitrogens is 1. The fourth-order valence-electron chi connectivity index (χ4n) is 2.95. The molecule has 0 aliphatic carbocycles. The van der Waals surface area contributed by atoms with Gasteiger partial charge in [0.15, 0.2) is 0 Å². The molecule has 4 heteroatoms. The van der Waals surface area contributed by atoms with Gasteiger partial charge in [0.1, 0.15) is 5.56 Å². The van der Waals surface area contributed by atoms with Crippen LogP contribution in [0.5, 0.6) is 0 Å². The normalized spacial score (nSPS) is 13.4. The molecule has 0 saturated carbocycles. The molecule has 0 spiro atoms. The summed E-state index contributed by atoms with van der Waals surface area (Å²) in [7, 11) is 0. The molecule has 1 amide bonds. The van der Waals surface area contributed by atoms with Crippen LogP contribution < -0.4 is 5.56 Å². The lowest BCUT2D eigenvalue weighted by molar-refractivity contribution is 0.0750. The highest BCUT2D eigenvalue weighted by atomic mass is 16.2. The number of aromatic amines is 1. The molecule has 3 aromatic rings. The summed E-state index contributed by atoms with van der Waals surface area (Å²) in [4.78, 5) is 29.4. The second kappa shape index (κ2) is 4.84. The van der Waals surface area contributed by atoms with E-state index >= 15 is 0 Å². The molecule has 4 rings (SSSR count). The Labute approximate surface area is 127 Å². The number of para-hydroxylation sites is 1. The third-order valence-electron chi connectivity index (χ3n) is 4.11. The number of rotatable bonds is 1. The number of pyridine rings is 1. The maximum atomic E-state index is 12.7. The van der Waals surface area contributed by atoms with Gasteiger partial charge in [0.2, 0.25) is 0 Å². The molecular weight excluding hydrogens is 276 g/mol. The van der Waals surface area contributed by atoms with E-state index in [1.807, 2.05) is 48.5 Å². The second-order valence-electron chi connectivity index (χ2n) is 5.53. The summed E-state index contributed by atoms with van der Waals surface area (Å²) in [5.41, 5.74) is 2.90. The van der Waals surface area contributed by atoms with E-state index in [1.54, 1.807) is 11.0 Å². The van der Waals surface area contributed by atoms with E-state index in [0.29, 0.717) is 13.1 Å². The van der Waals surface area contributed by atoms with E-state index < -0.39 is 0 Å². The first-order valence-electron chi connectivity index (χ1n) is 7.20. The Bertz CT molecular complexity index is 918. The Morgan fingerprint density at radius 2 is 1.59 bits per heavy atom. The molecule has 108 valence electrons. The number of fused-ring (bicyclic) bond motifs is 2. The van der Waals surface area contributed by atoms with Crippen LogP contribution in [0.3, 0.4) is 0 Å². The first-order chi connectivity index (χ1) is 10.7. The minimum atomic E-state index is -0.334. The van der Waals surface area contributed by atoms with Crippen LogP contribution >= 0.6 is 0 Å². The van der Waals surface area contributed by atoms with Crippen LogP contribution in [0, 0.1) is 0 Å². The van der Waals surface area contributed by atoms with Crippen LogP contribution in [0.1, 0.15) is 21.5 Å². The number of benzene rings is 2. The Balaban J connectivity index is 1.72. The number of aromatic nitrogens is 1. The molecule has 2 aromatic carbocycles. The molecule has 1 aliphatic heterocycles. The quantitative estimate of drug-likeness (QED) is 0.749. The maximum absolute atomic E-state index is 12.7. The van der Waals surface area contributed by atoms with Gasteiger partial charge in [-0.25, -0.2) is 0 Å². The Kier molecular flexibility index (Phi) is 2.82. The van der Waals surface area contributed by atoms with Crippen molar-refractivity contribution in [2.45, 2.75) is 13.1 Å². The number of amides is 1. The Morgan fingerprint density at radius 1 is 0.955 bits per heavy atom.